The first-order valence-electron chi connectivity index (χ1n) is 5.58. The summed E-state index contributed by atoms with van der Waals surface area (Å²) in [7, 11) is 2.06. The second kappa shape index (κ2) is 4.65. The van der Waals surface area contributed by atoms with Gasteiger partial charge < -0.3 is 15.4 Å². The van der Waals surface area contributed by atoms with E-state index in [2.05, 4.69) is 21.9 Å². The predicted octanol–water partition coefficient (Wildman–Crippen LogP) is 0.982. The second-order valence-electron chi connectivity index (χ2n) is 4.19. The second-order valence-corrected chi connectivity index (χ2v) is 4.19. The van der Waals surface area contributed by atoms with Crippen molar-refractivity contribution in [1.29, 1.82) is 0 Å². The van der Waals surface area contributed by atoms with Crippen LogP contribution in [0.4, 0.5) is 11.8 Å². The van der Waals surface area contributed by atoms with Crippen LogP contribution >= 0.6 is 0 Å². The van der Waals surface area contributed by atoms with Crippen LogP contribution in [0.2, 0.25) is 0 Å². The van der Waals surface area contributed by atoms with Crippen LogP contribution in [0.25, 0.3) is 0 Å². The minimum atomic E-state index is 0.333. The number of aromatic nitrogens is 2. The SMILES string of the molecule is Cc1cnc(N)nc1N(C)C1CCOCC1. The highest BCUT2D eigenvalue weighted by molar-refractivity contribution is 5.48. The van der Waals surface area contributed by atoms with Gasteiger partial charge in [0.15, 0.2) is 0 Å². The first-order valence-corrected chi connectivity index (χ1v) is 5.58. The van der Waals surface area contributed by atoms with E-state index < -0.39 is 0 Å². The van der Waals surface area contributed by atoms with Gasteiger partial charge in [0.05, 0.1) is 0 Å². The Bertz CT molecular complexity index is 363. The van der Waals surface area contributed by atoms with Crippen molar-refractivity contribution in [3.05, 3.63) is 11.8 Å². The smallest absolute Gasteiger partial charge is 0.221 e. The monoisotopic (exact) mass is 222 g/mol. The van der Waals surface area contributed by atoms with E-state index in [1.807, 2.05) is 6.92 Å². The number of nitrogen functional groups attached to an aromatic ring is 1. The molecule has 0 radical (unpaired) electrons. The Morgan fingerprint density at radius 3 is 2.81 bits per heavy atom. The van der Waals surface area contributed by atoms with E-state index in [-0.39, 0.29) is 0 Å². The first-order chi connectivity index (χ1) is 7.68. The van der Waals surface area contributed by atoms with E-state index in [0.717, 1.165) is 37.4 Å². The summed E-state index contributed by atoms with van der Waals surface area (Å²) in [4.78, 5) is 10.5. The maximum absolute atomic E-state index is 5.62. The van der Waals surface area contributed by atoms with E-state index in [1.165, 1.54) is 0 Å². The van der Waals surface area contributed by atoms with Crippen LogP contribution in [-0.2, 0) is 4.74 Å². The zero-order valence-electron chi connectivity index (χ0n) is 9.81. The minimum Gasteiger partial charge on any atom is -0.381 e. The molecule has 88 valence electrons. The molecule has 5 nitrogen and oxygen atoms in total. The fourth-order valence-electron chi connectivity index (χ4n) is 2.05. The number of nitrogens with two attached hydrogens (primary N) is 1. The summed E-state index contributed by atoms with van der Waals surface area (Å²) in [6.07, 6.45) is 3.85. The Hall–Kier alpha value is -1.36. The van der Waals surface area contributed by atoms with Gasteiger partial charge in [-0.15, -0.1) is 0 Å². The number of aryl methyl sites for hydroxylation is 1. The van der Waals surface area contributed by atoms with Crippen LogP contribution in [0.15, 0.2) is 6.20 Å². The molecule has 0 atom stereocenters. The van der Waals surface area contributed by atoms with E-state index >= 15 is 0 Å². The molecule has 2 rings (SSSR count). The van der Waals surface area contributed by atoms with Gasteiger partial charge in [-0.2, -0.15) is 4.98 Å². The lowest BCUT2D eigenvalue weighted by Gasteiger charge is -2.32. The maximum atomic E-state index is 5.62. The molecule has 0 aliphatic carbocycles. The van der Waals surface area contributed by atoms with Gasteiger partial charge in [-0.25, -0.2) is 4.98 Å². The molecule has 1 aromatic rings. The summed E-state index contributed by atoms with van der Waals surface area (Å²) in [5.41, 5.74) is 6.68. The lowest BCUT2D eigenvalue weighted by atomic mass is 10.1. The molecular formula is C11H18N4O. The predicted molar refractivity (Wildman–Crippen MR) is 63.4 cm³/mol. The van der Waals surface area contributed by atoms with Crippen LogP contribution < -0.4 is 10.6 Å². The summed E-state index contributed by atoms with van der Waals surface area (Å²) in [5, 5.41) is 0. The zero-order chi connectivity index (χ0) is 11.5. The Labute approximate surface area is 95.6 Å². The lowest BCUT2D eigenvalue weighted by molar-refractivity contribution is 0.0853. The van der Waals surface area contributed by atoms with Gasteiger partial charge in [-0.3, -0.25) is 0 Å². The number of rotatable bonds is 2. The van der Waals surface area contributed by atoms with Crippen molar-refractivity contribution in [3.63, 3.8) is 0 Å². The molecule has 1 aliphatic rings. The number of hydrogen-bond donors (Lipinski definition) is 1. The molecule has 1 aliphatic heterocycles. The highest BCUT2D eigenvalue weighted by Gasteiger charge is 2.20. The van der Waals surface area contributed by atoms with Crippen LogP contribution in [0.3, 0.4) is 0 Å². The highest BCUT2D eigenvalue weighted by atomic mass is 16.5. The zero-order valence-corrected chi connectivity index (χ0v) is 9.81. The summed E-state index contributed by atoms with van der Waals surface area (Å²) in [6, 6.07) is 0.488. The van der Waals surface area contributed by atoms with Gasteiger partial charge in [0.2, 0.25) is 5.95 Å². The Morgan fingerprint density at radius 1 is 1.44 bits per heavy atom. The third-order valence-electron chi connectivity index (χ3n) is 3.04. The topological polar surface area (TPSA) is 64.3 Å². The molecule has 1 fully saturated rings. The molecule has 0 bridgehead atoms. The van der Waals surface area contributed by atoms with Crippen molar-refractivity contribution in [1.82, 2.24) is 9.97 Å². The maximum Gasteiger partial charge on any atom is 0.221 e. The molecule has 0 spiro atoms. The molecule has 2 heterocycles. The quantitative estimate of drug-likeness (QED) is 0.808. The van der Waals surface area contributed by atoms with Crippen LogP contribution in [-0.4, -0.2) is 36.3 Å². The van der Waals surface area contributed by atoms with Gasteiger partial charge in [0.1, 0.15) is 5.82 Å². The molecular weight excluding hydrogens is 204 g/mol. The fraction of sp³-hybridized carbons (Fsp3) is 0.636. The lowest BCUT2D eigenvalue weighted by Crippen LogP contribution is -2.37. The van der Waals surface area contributed by atoms with Crippen LogP contribution in [0.5, 0.6) is 0 Å². The summed E-state index contributed by atoms with van der Waals surface area (Å²) in [5.74, 6) is 1.26. The molecule has 0 aromatic carbocycles. The standard InChI is InChI=1S/C11H18N4O/c1-8-7-13-11(12)14-10(8)15(2)9-3-5-16-6-4-9/h7,9H,3-6H2,1-2H3,(H2,12,13,14). The summed E-state index contributed by atoms with van der Waals surface area (Å²) < 4.78 is 5.36. The van der Waals surface area contributed by atoms with Crippen molar-refractivity contribution in [3.8, 4) is 0 Å². The summed E-state index contributed by atoms with van der Waals surface area (Å²) >= 11 is 0. The summed E-state index contributed by atoms with van der Waals surface area (Å²) in [6.45, 7) is 3.66. The number of nitrogens with zero attached hydrogens (tertiary/aromatic N) is 3. The van der Waals surface area contributed by atoms with Gasteiger partial charge in [0, 0.05) is 38.1 Å². The first kappa shape index (κ1) is 11.1. The average Bonchev–Trinajstić information content (AvgIpc) is 2.32. The van der Waals surface area contributed by atoms with Gasteiger partial charge in [0.25, 0.3) is 0 Å². The van der Waals surface area contributed by atoms with Crippen LogP contribution in [0.1, 0.15) is 18.4 Å². The van der Waals surface area contributed by atoms with Crippen LogP contribution in [0, 0.1) is 6.92 Å². The van der Waals surface area contributed by atoms with Crippen molar-refractivity contribution >= 4 is 11.8 Å². The third kappa shape index (κ3) is 2.24. The van der Waals surface area contributed by atoms with Crippen molar-refractivity contribution in [2.45, 2.75) is 25.8 Å². The van der Waals surface area contributed by atoms with Gasteiger partial charge >= 0.3 is 0 Å². The average molecular weight is 222 g/mol. The van der Waals surface area contributed by atoms with E-state index in [4.69, 9.17) is 10.5 Å². The Kier molecular flexibility index (Phi) is 3.24. The Morgan fingerprint density at radius 2 is 2.12 bits per heavy atom. The van der Waals surface area contributed by atoms with E-state index in [1.54, 1.807) is 6.20 Å². The Balaban J connectivity index is 2.18. The van der Waals surface area contributed by atoms with Crippen molar-refractivity contribution in [2.24, 2.45) is 0 Å². The molecule has 1 aromatic heterocycles. The normalized spacial score (nSPS) is 17.4. The molecule has 1 saturated heterocycles. The molecule has 16 heavy (non-hydrogen) atoms. The van der Waals surface area contributed by atoms with E-state index in [0.29, 0.717) is 12.0 Å². The molecule has 0 amide bonds. The third-order valence-corrected chi connectivity index (χ3v) is 3.04. The van der Waals surface area contributed by atoms with Gasteiger partial charge in [-0.1, -0.05) is 0 Å². The fourth-order valence-corrected chi connectivity index (χ4v) is 2.05. The highest BCUT2D eigenvalue weighted by Crippen LogP contribution is 2.22. The van der Waals surface area contributed by atoms with E-state index in [9.17, 15) is 0 Å². The van der Waals surface area contributed by atoms with Gasteiger partial charge in [-0.05, 0) is 19.8 Å². The number of ether oxygens (including phenoxy) is 1. The molecule has 0 unspecified atom stereocenters. The van der Waals surface area contributed by atoms with Crippen molar-refractivity contribution in [2.75, 3.05) is 30.9 Å². The number of hydrogen-bond acceptors (Lipinski definition) is 5. The largest absolute Gasteiger partial charge is 0.381 e. The van der Waals surface area contributed by atoms with Crippen molar-refractivity contribution < 1.29 is 4.74 Å². The molecule has 0 saturated carbocycles. The molecule has 5 heteroatoms. The molecule has 2 N–H and O–H groups in total. The number of anilines is 2. The minimum absolute atomic E-state index is 0.333.